The number of rotatable bonds is 8. The van der Waals surface area contributed by atoms with Crippen molar-refractivity contribution >= 4 is 41.6 Å². The summed E-state index contributed by atoms with van der Waals surface area (Å²) in [5, 5.41) is 8.95. The van der Waals surface area contributed by atoms with Gasteiger partial charge in [0, 0.05) is 55.4 Å². The summed E-state index contributed by atoms with van der Waals surface area (Å²) in [6, 6.07) is 25.2. The van der Waals surface area contributed by atoms with Crippen molar-refractivity contribution in [2.45, 2.75) is 64.3 Å². The molecule has 52 heavy (non-hydrogen) atoms. The minimum atomic E-state index is -0.450. The van der Waals surface area contributed by atoms with Gasteiger partial charge in [-0.3, -0.25) is 4.98 Å². The number of urea groups is 1. The first-order chi connectivity index (χ1) is 24.6. The second-order valence-electron chi connectivity index (χ2n) is 13.3. The number of aromatic nitrogens is 1. The van der Waals surface area contributed by atoms with Crippen LogP contribution in [0.2, 0.25) is 0 Å². The molecule has 2 saturated heterocycles. The number of hydrogen-bond donors (Lipinski definition) is 4. The van der Waals surface area contributed by atoms with Crippen LogP contribution in [0.3, 0.4) is 0 Å². The van der Waals surface area contributed by atoms with E-state index in [1.54, 1.807) is 53.7 Å². The Kier molecular flexibility index (Phi) is 14.8. The lowest BCUT2D eigenvalue weighted by Crippen LogP contribution is -2.44. The highest BCUT2D eigenvalue weighted by molar-refractivity contribution is 5.99. The van der Waals surface area contributed by atoms with Gasteiger partial charge in [-0.15, -0.1) is 12.4 Å². The monoisotopic (exact) mass is 732 g/mol. The predicted octanol–water partition coefficient (Wildman–Crippen LogP) is 8.12. The summed E-state index contributed by atoms with van der Waals surface area (Å²) in [5.41, 5.74) is 7.29. The first-order valence-electron chi connectivity index (χ1n) is 17.3. The summed E-state index contributed by atoms with van der Waals surface area (Å²) < 4.78 is 23.0. The Morgan fingerprint density at radius 2 is 1.17 bits per heavy atom. The number of piperidine rings is 2. The van der Waals surface area contributed by atoms with Crippen molar-refractivity contribution in [1.82, 2.24) is 15.2 Å². The largest absolute Gasteiger partial charge is 0.490 e. The van der Waals surface area contributed by atoms with Crippen LogP contribution >= 0.6 is 12.4 Å². The lowest BCUT2D eigenvalue weighted by atomic mass is 10.1. The zero-order valence-corrected chi connectivity index (χ0v) is 30.7. The molecule has 13 heteroatoms. The number of likely N-dealkylation sites (tertiary alicyclic amines) is 1. The molecule has 4 aromatic rings. The van der Waals surface area contributed by atoms with E-state index in [1.165, 1.54) is 0 Å². The third kappa shape index (κ3) is 13.5. The Morgan fingerprint density at radius 3 is 1.69 bits per heavy atom. The molecule has 3 heterocycles. The number of nitrogens with zero attached hydrogens (tertiary/aromatic N) is 2. The van der Waals surface area contributed by atoms with Crippen LogP contribution in [0, 0.1) is 0 Å². The van der Waals surface area contributed by atoms with Crippen molar-refractivity contribution in [3.05, 3.63) is 97.3 Å². The number of amides is 3. The first-order valence-corrected chi connectivity index (χ1v) is 17.3. The fourth-order valence-electron chi connectivity index (χ4n) is 5.39. The Hall–Kier alpha value is -5.20. The Morgan fingerprint density at radius 1 is 0.712 bits per heavy atom. The van der Waals surface area contributed by atoms with Gasteiger partial charge < -0.3 is 45.5 Å². The molecule has 0 bridgehead atoms. The van der Waals surface area contributed by atoms with E-state index in [0.29, 0.717) is 36.0 Å². The fourth-order valence-corrected chi connectivity index (χ4v) is 5.39. The molecule has 1 aromatic heterocycles. The van der Waals surface area contributed by atoms with Gasteiger partial charge in [-0.2, -0.15) is 0 Å². The molecule has 0 spiro atoms. The molecule has 278 valence electrons. The van der Waals surface area contributed by atoms with E-state index in [0.717, 1.165) is 56.0 Å². The number of halogens is 1. The van der Waals surface area contributed by atoms with E-state index in [4.69, 9.17) is 24.7 Å². The summed E-state index contributed by atoms with van der Waals surface area (Å²) in [4.78, 5) is 29.9. The molecule has 12 nitrogen and oxygen atoms in total. The lowest BCUT2D eigenvalue weighted by Gasteiger charge is -2.33. The Balaban J connectivity index is 0.000000243. The molecule has 0 atom stereocenters. The average Bonchev–Trinajstić information content (AvgIpc) is 3.12. The number of carbonyl (C=O) groups is 2. The third-order valence-electron chi connectivity index (χ3n) is 7.98. The summed E-state index contributed by atoms with van der Waals surface area (Å²) in [6.07, 6.45) is 7.11. The van der Waals surface area contributed by atoms with Gasteiger partial charge in [0.15, 0.2) is 0 Å². The Labute approximate surface area is 311 Å². The third-order valence-corrected chi connectivity index (χ3v) is 7.98. The lowest BCUT2D eigenvalue weighted by molar-refractivity contribution is 0.0126. The molecule has 3 amide bonds. The van der Waals surface area contributed by atoms with Crippen LogP contribution in [0.1, 0.15) is 46.5 Å². The van der Waals surface area contributed by atoms with E-state index in [2.05, 4.69) is 20.9 Å². The zero-order chi connectivity index (χ0) is 36.1. The van der Waals surface area contributed by atoms with Crippen LogP contribution in [-0.4, -0.2) is 66.0 Å². The number of hydrogen-bond acceptors (Lipinski definition) is 9. The zero-order valence-electron chi connectivity index (χ0n) is 29.9. The maximum atomic E-state index is 12.3. The number of nitrogen functional groups attached to an aromatic ring is 1. The smallest absolute Gasteiger partial charge is 0.410 e. The summed E-state index contributed by atoms with van der Waals surface area (Å²) in [5.74, 6) is 3.02. The average molecular weight is 733 g/mol. The van der Waals surface area contributed by atoms with Crippen LogP contribution in [-0.2, 0) is 4.74 Å². The van der Waals surface area contributed by atoms with Crippen molar-refractivity contribution in [2.24, 2.45) is 0 Å². The highest BCUT2D eigenvalue weighted by atomic mass is 35.5. The second-order valence-corrected chi connectivity index (χ2v) is 13.3. The van der Waals surface area contributed by atoms with Crippen molar-refractivity contribution in [2.75, 3.05) is 42.5 Å². The van der Waals surface area contributed by atoms with E-state index in [1.807, 2.05) is 69.3 Å². The molecule has 2 aliphatic heterocycles. The number of nitrogens with one attached hydrogen (secondary N) is 3. The van der Waals surface area contributed by atoms with Crippen LogP contribution in [0.4, 0.5) is 26.7 Å². The van der Waals surface area contributed by atoms with Crippen LogP contribution in [0.5, 0.6) is 23.0 Å². The summed E-state index contributed by atoms with van der Waals surface area (Å²) >= 11 is 0. The van der Waals surface area contributed by atoms with E-state index in [-0.39, 0.29) is 36.7 Å². The number of nitrogens with two attached hydrogens (primary N) is 1. The van der Waals surface area contributed by atoms with Crippen molar-refractivity contribution in [1.29, 1.82) is 0 Å². The van der Waals surface area contributed by atoms with Crippen LogP contribution in [0.25, 0.3) is 0 Å². The minimum Gasteiger partial charge on any atom is -0.490 e. The molecule has 0 unspecified atom stereocenters. The molecule has 6 rings (SSSR count). The van der Waals surface area contributed by atoms with E-state index >= 15 is 0 Å². The van der Waals surface area contributed by atoms with Crippen molar-refractivity contribution in [3.8, 4) is 23.0 Å². The molecule has 2 aliphatic rings. The molecular formula is C39H49ClN6O6. The number of carbonyl (C=O) groups excluding carboxylic acids is 2. The van der Waals surface area contributed by atoms with E-state index in [9.17, 15) is 9.59 Å². The maximum Gasteiger partial charge on any atom is 0.410 e. The van der Waals surface area contributed by atoms with Gasteiger partial charge in [0.1, 0.15) is 40.8 Å². The standard InChI is InChI=1S/C23H24N4O3.C16H24N2O3.ClH/c28-23(26-17-1-5-19(6-2-17)29-21-9-13-24-14-10-21)27-18-3-7-20(8-4-18)30-22-11-15-25-16-12-22;1-16(2,3)21-15(19)18-10-8-14(9-11-18)20-13-6-4-12(17)5-7-13;/h1-10,13-14,22,25H,11-12,15-16H2,(H2,26,27,28);4-7,14H,8-11,17H2,1-3H3;1H. The summed E-state index contributed by atoms with van der Waals surface area (Å²) in [6.45, 7) is 8.93. The molecule has 0 aliphatic carbocycles. The van der Waals surface area contributed by atoms with Gasteiger partial charge in [0.05, 0.1) is 0 Å². The quantitative estimate of drug-likeness (QED) is 0.132. The van der Waals surface area contributed by atoms with E-state index < -0.39 is 5.60 Å². The van der Waals surface area contributed by atoms with Gasteiger partial charge in [-0.1, -0.05) is 0 Å². The SMILES string of the molecule is CC(C)(C)OC(=O)N1CCC(Oc2ccc(N)cc2)CC1.Cl.O=C(Nc1ccc(Oc2ccncc2)cc1)Nc1ccc(OC2CCNCC2)cc1. The molecule has 3 aromatic carbocycles. The van der Waals surface area contributed by atoms with Crippen molar-refractivity contribution in [3.63, 3.8) is 0 Å². The maximum absolute atomic E-state index is 12.3. The molecule has 2 fully saturated rings. The van der Waals surface area contributed by atoms with Crippen molar-refractivity contribution < 1.29 is 28.5 Å². The van der Waals surface area contributed by atoms with Gasteiger partial charge >= 0.3 is 12.1 Å². The molecule has 0 radical (unpaired) electrons. The molecular weight excluding hydrogens is 684 g/mol. The predicted molar refractivity (Wildman–Crippen MR) is 206 cm³/mol. The van der Waals surface area contributed by atoms with Gasteiger partial charge in [-0.05, 0) is 132 Å². The van der Waals surface area contributed by atoms with Crippen LogP contribution < -0.4 is 35.9 Å². The highest BCUT2D eigenvalue weighted by Gasteiger charge is 2.27. The minimum absolute atomic E-state index is 0. The number of ether oxygens (including phenoxy) is 4. The topological polar surface area (TPSA) is 149 Å². The first kappa shape index (κ1) is 39.6. The Bertz CT molecular complexity index is 1660. The number of benzene rings is 3. The normalized spacial score (nSPS) is 14.8. The molecule has 0 saturated carbocycles. The highest BCUT2D eigenvalue weighted by Crippen LogP contribution is 2.24. The summed E-state index contributed by atoms with van der Waals surface area (Å²) in [7, 11) is 0. The number of pyridine rings is 1. The fraction of sp³-hybridized carbons (Fsp3) is 0.359. The van der Waals surface area contributed by atoms with Gasteiger partial charge in [-0.25, -0.2) is 9.59 Å². The number of anilines is 3. The molecule has 5 N–H and O–H groups in total. The van der Waals surface area contributed by atoms with Gasteiger partial charge in [0.25, 0.3) is 0 Å². The van der Waals surface area contributed by atoms with Crippen LogP contribution in [0.15, 0.2) is 97.3 Å². The van der Waals surface area contributed by atoms with Gasteiger partial charge in [0.2, 0.25) is 0 Å². The second kappa shape index (κ2) is 19.4.